The number of nitrogens with zero attached hydrogens (tertiary/aromatic N) is 1. The van der Waals surface area contributed by atoms with Crippen molar-refractivity contribution in [2.75, 3.05) is 13.7 Å². The van der Waals surface area contributed by atoms with Crippen LogP contribution in [0.4, 0.5) is 0 Å². The van der Waals surface area contributed by atoms with Crippen LogP contribution in [0.3, 0.4) is 0 Å². The molecule has 0 radical (unpaired) electrons. The van der Waals surface area contributed by atoms with E-state index in [-0.39, 0.29) is 23.5 Å². The summed E-state index contributed by atoms with van der Waals surface area (Å²) >= 11 is 0. The number of fused-ring (bicyclic) bond motifs is 1. The van der Waals surface area contributed by atoms with Crippen LogP contribution in [0, 0.1) is 17.8 Å². The quantitative estimate of drug-likeness (QED) is 0.674. The molecule has 0 aliphatic carbocycles. The minimum absolute atomic E-state index is 0.175. The summed E-state index contributed by atoms with van der Waals surface area (Å²) in [7, 11) is 1.62. The van der Waals surface area contributed by atoms with Gasteiger partial charge in [0.05, 0.1) is 24.3 Å². The zero-order valence-electron chi connectivity index (χ0n) is 17.3. The minimum Gasteiger partial charge on any atom is -0.496 e. The monoisotopic (exact) mass is 389 g/mol. The molecule has 0 aromatic carbocycles. The van der Waals surface area contributed by atoms with Crippen LogP contribution in [0.15, 0.2) is 11.3 Å². The van der Waals surface area contributed by atoms with Crippen LogP contribution < -0.4 is 0 Å². The maximum absolute atomic E-state index is 12.2. The number of rotatable bonds is 5. The number of piperidine rings is 1. The summed E-state index contributed by atoms with van der Waals surface area (Å²) in [6.07, 6.45) is 5.60. The summed E-state index contributed by atoms with van der Waals surface area (Å²) in [5, 5.41) is 0. The Morgan fingerprint density at radius 2 is 2.14 bits per heavy atom. The lowest BCUT2D eigenvalue weighted by molar-refractivity contribution is -0.280. The van der Waals surface area contributed by atoms with Gasteiger partial charge in [-0.2, -0.15) is 0 Å². The van der Waals surface area contributed by atoms with Crippen molar-refractivity contribution in [3.63, 3.8) is 0 Å². The van der Waals surface area contributed by atoms with E-state index in [9.17, 15) is 4.79 Å². The maximum Gasteiger partial charge on any atom is 0.338 e. The van der Waals surface area contributed by atoms with E-state index in [1.807, 2.05) is 0 Å². The van der Waals surface area contributed by atoms with E-state index in [4.69, 9.17) is 18.9 Å². The highest BCUT2D eigenvalue weighted by Gasteiger charge is 2.83. The van der Waals surface area contributed by atoms with E-state index in [0.717, 1.165) is 12.8 Å². The first-order valence-electron chi connectivity index (χ1n) is 11.1. The molecule has 0 amide bonds. The molecule has 28 heavy (non-hydrogen) atoms. The lowest BCUT2D eigenvalue weighted by Gasteiger charge is -2.49. The molecule has 0 aromatic rings. The molecule has 6 rings (SSSR count). The molecule has 6 aliphatic rings. The predicted octanol–water partition coefficient (Wildman–Crippen LogP) is 2.62. The van der Waals surface area contributed by atoms with Crippen molar-refractivity contribution in [2.45, 2.75) is 88.6 Å². The number of ether oxygens (including phenoxy) is 4. The van der Waals surface area contributed by atoms with Gasteiger partial charge in [-0.05, 0) is 38.6 Å². The summed E-state index contributed by atoms with van der Waals surface area (Å²) in [5.74, 6) is 0.872. The molecular weight excluding hydrogens is 358 g/mol. The molecular formula is C22H31NO5. The molecule has 1 spiro atoms. The second-order valence-corrected chi connectivity index (χ2v) is 9.75. The summed E-state index contributed by atoms with van der Waals surface area (Å²) in [4.78, 5) is 15.0. The van der Waals surface area contributed by atoms with Gasteiger partial charge in [0.25, 0.3) is 0 Å². The fraction of sp³-hybridized carbons (Fsp3) is 0.864. The first kappa shape index (κ1) is 17.7. The smallest absolute Gasteiger partial charge is 0.338 e. The second-order valence-electron chi connectivity index (χ2n) is 9.75. The normalized spacial score (nSPS) is 55.4. The highest BCUT2D eigenvalue weighted by molar-refractivity contribution is 5.91. The summed E-state index contributed by atoms with van der Waals surface area (Å²) < 4.78 is 25.0. The number of methoxy groups -OCH3 is 1. The number of carbonyl (C=O) groups excluding carboxylic acids is 1. The van der Waals surface area contributed by atoms with Crippen LogP contribution in [-0.2, 0) is 23.7 Å². The van der Waals surface area contributed by atoms with Crippen LogP contribution in [0.1, 0.15) is 52.9 Å². The molecule has 6 nitrogen and oxygen atoms in total. The third-order valence-corrected chi connectivity index (χ3v) is 8.92. The summed E-state index contributed by atoms with van der Waals surface area (Å²) in [6.45, 7) is 7.49. The number of hydrogen-bond donors (Lipinski definition) is 0. The Morgan fingerprint density at radius 3 is 2.89 bits per heavy atom. The van der Waals surface area contributed by atoms with Gasteiger partial charge in [-0.1, -0.05) is 26.7 Å². The van der Waals surface area contributed by atoms with E-state index in [1.165, 1.54) is 25.8 Å². The van der Waals surface area contributed by atoms with E-state index < -0.39 is 11.9 Å². The van der Waals surface area contributed by atoms with Crippen LogP contribution in [0.2, 0.25) is 0 Å². The van der Waals surface area contributed by atoms with Crippen molar-refractivity contribution in [1.82, 2.24) is 4.90 Å². The fourth-order valence-electron chi connectivity index (χ4n) is 8.05. The van der Waals surface area contributed by atoms with Crippen LogP contribution in [0.5, 0.6) is 0 Å². The topological polar surface area (TPSA) is 57.2 Å². The Kier molecular flexibility index (Phi) is 3.50. The van der Waals surface area contributed by atoms with Gasteiger partial charge in [0.2, 0.25) is 0 Å². The van der Waals surface area contributed by atoms with Crippen molar-refractivity contribution in [3.8, 4) is 0 Å². The molecule has 2 unspecified atom stereocenters. The van der Waals surface area contributed by atoms with Gasteiger partial charge in [0, 0.05) is 17.9 Å². The highest BCUT2D eigenvalue weighted by Crippen LogP contribution is 2.72. The number of unbranched alkanes of at least 4 members (excludes halogenated alkanes) is 1. The Balaban J connectivity index is 1.39. The van der Waals surface area contributed by atoms with Crippen molar-refractivity contribution in [1.29, 1.82) is 0 Å². The van der Waals surface area contributed by atoms with Crippen LogP contribution in [0.25, 0.3) is 0 Å². The van der Waals surface area contributed by atoms with Gasteiger partial charge >= 0.3 is 5.97 Å². The first-order chi connectivity index (χ1) is 13.5. The third kappa shape index (κ3) is 1.72. The SMILES string of the molecule is CCCC[C@@]12C3C[C@H]4[C@H]5[C@H](C)[C@@H]([C@@H]6OC(=O)C(C)=C6OC)O[C@]5(O3)[C@@H]1CCN42. The average molecular weight is 389 g/mol. The number of carbonyl (C=O) groups is 1. The molecule has 6 aliphatic heterocycles. The van der Waals surface area contributed by atoms with E-state index in [0.29, 0.717) is 35.3 Å². The summed E-state index contributed by atoms with van der Waals surface area (Å²) in [5.41, 5.74) is 0.739. The molecule has 5 saturated heterocycles. The van der Waals surface area contributed by atoms with Crippen molar-refractivity contribution in [2.24, 2.45) is 17.8 Å². The Hall–Kier alpha value is -1.11. The number of cyclic esters (lactones) is 1. The predicted molar refractivity (Wildman–Crippen MR) is 100 cm³/mol. The van der Waals surface area contributed by atoms with Gasteiger partial charge in [-0.15, -0.1) is 0 Å². The van der Waals surface area contributed by atoms with Crippen molar-refractivity contribution in [3.05, 3.63) is 11.3 Å². The lowest BCUT2D eigenvalue weighted by Crippen LogP contribution is -2.61. The molecule has 6 heterocycles. The molecule has 5 fully saturated rings. The molecule has 0 N–H and O–H groups in total. The zero-order chi connectivity index (χ0) is 19.4. The average Bonchev–Trinajstić information content (AvgIpc) is 3.38. The minimum atomic E-state index is -0.500. The van der Waals surface area contributed by atoms with Gasteiger partial charge in [-0.3, -0.25) is 4.90 Å². The third-order valence-electron chi connectivity index (χ3n) is 8.92. The number of hydrogen-bond acceptors (Lipinski definition) is 6. The Bertz CT molecular complexity index is 766. The van der Waals surface area contributed by atoms with Crippen LogP contribution >= 0.6 is 0 Å². The second kappa shape index (κ2) is 5.52. The van der Waals surface area contributed by atoms with Crippen molar-refractivity contribution >= 4 is 5.97 Å². The standard InChI is InChI=1S/C22H31NO5/c1-5-6-8-21-14-7-9-23(21)13-10-15(21)27-22(14)16(13)11(2)18(28-22)19-17(25-4)12(3)20(24)26-19/h11,13-16,18-19H,5-10H2,1-4H3/t11-,13-,14+,15?,16+,18-,19+,21-,22+/m0/s1. The molecule has 0 aromatic heterocycles. The lowest BCUT2D eigenvalue weighted by atomic mass is 9.69. The molecule has 10 atom stereocenters. The van der Waals surface area contributed by atoms with E-state index >= 15 is 0 Å². The number of esters is 1. The van der Waals surface area contributed by atoms with Gasteiger partial charge in [0.1, 0.15) is 11.9 Å². The summed E-state index contributed by atoms with van der Waals surface area (Å²) in [6, 6.07) is 0.530. The van der Waals surface area contributed by atoms with Crippen molar-refractivity contribution < 1.29 is 23.7 Å². The molecule has 6 heteroatoms. The largest absolute Gasteiger partial charge is 0.496 e. The maximum atomic E-state index is 12.2. The molecule has 154 valence electrons. The fourth-order valence-corrected chi connectivity index (χ4v) is 8.05. The Morgan fingerprint density at radius 1 is 1.32 bits per heavy atom. The molecule has 5 bridgehead atoms. The van der Waals surface area contributed by atoms with Gasteiger partial charge in [0.15, 0.2) is 11.9 Å². The van der Waals surface area contributed by atoms with Gasteiger partial charge < -0.3 is 18.9 Å². The van der Waals surface area contributed by atoms with E-state index in [2.05, 4.69) is 18.7 Å². The van der Waals surface area contributed by atoms with Crippen LogP contribution in [-0.4, -0.2) is 60.2 Å². The van der Waals surface area contributed by atoms with E-state index in [1.54, 1.807) is 14.0 Å². The first-order valence-corrected chi connectivity index (χ1v) is 11.1. The molecule has 0 saturated carbocycles. The van der Waals surface area contributed by atoms with Gasteiger partial charge in [-0.25, -0.2) is 4.79 Å². The highest BCUT2D eigenvalue weighted by atomic mass is 16.7. The Labute approximate surface area is 166 Å². The zero-order valence-corrected chi connectivity index (χ0v) is 17.3.